The molecule has 1 aromatic rings. The van der Waals surface area contributed by atoms with Crippen LogP contribution in [0.5, 0.6) is 5.75 Å². The third kappa shape index (κ3) is 3.47. The van der Waals surface area contributed by atoms with E-state index in [0.29, 0.717) is 6.61 Å². The molecule has 2 rings (SSSR count). The molecule has 1 saturated heterocycles. The maximum Gasteiger partial charge on any atom is 0.323 e. The summed E-state index contributed by atoms with van der Waals surface area (Å²) >= 11 is 0. The number of methoxy groups -OCH3 is 1. The van der Waals surface area contributed by atoms with Crippen molar-refractivity contribution in [2.24, 2.45) is 0 Å². The molecule has 1 unspecified atom stereocenters. The first-order valence-electron chi connectivity index (χ1n) is 6.78. The molecule has 1 aromatic carbocycles. The van der Waals surface area contributed by atoms with Crippen molar-refractivity contribution in [2.75, 3.05) is 26.8 Å². The van der Waals surface area contributed by atoms with Crippen molar-refractivity contribution < 1.29 is 14.3 Å². The van der Waals surface area contributed by atoms with Gasteiger partial charge in [0.05, 0.1) is 13.7 Å². The van der Waals surface area contributed by atoms with E-state index in [9.17, 15) is 4.79 Å². The molecule has 0 amide bonds. The number of carbonyl (C=O) groups excluding carboxylic acids is 1. The topological polar surface area (TPSA) is 38.8 Å². The largest absolute Gasteiger partial charge is 0.497 e. The van der Waals surface area contributed by atoms with Crippen LogP contribution in [0.4, 0.5) is 0 Å². The molecule has 4 heteroatoms. The van der Waals surface area contributed by atoms with Crippen LogP contribution in [-0.4, -0.2) is 43.7 Å². The van der Waals surface area contributed by atoms with E-state index >= 15 is 0 Å². The molecule has 19 heavy (non-hydrogen) atoms. The highest BCUT2D eigenvalue weighted by Gasteiger charge is 2.34. The van der Waals surface area contributed by atoms with Crippen LogP contribution in [-0.2, 0) is 16.0 Å². The summed E-state index contributed by atoms with van der Waals surface area (Å²) in [5.74, 6) is 0.792. The molecule has 0 aliphatic carbocycles. The van der Waals surface area contributed by atoms with Crippen molar-refractivity contribution in [1.29, 1.82) is 0 Å². The van der Waals surface area contributed by atoms with Gasteiger partial charge < -0.3 is 9.47 Å². The first-order valence-corrected chi connectivity index (χ1v) is 6.78. The van der Waals surface area contributed by atoms with Gasteiger partial charge in [-0.25, -0.2) is 0 Å². The van der Waals surface area contributed by atoms with Gasteiger partial charge in [-0.15, -0.1) is 0 Å². The van der Waals surface area contributed by atoms with E-state index in [1.165, 1.54) is 5.56 Å². The fourth-order valence-corrected chi connectivity index (χ4v) is 2.28. The molecule has 1 fully saturated rings. The molecule has 104 valence electrons. The Kier molecular flexibility index (Phi) is 4.80. The Morgan fingerprint density at radius 1 is 1.37 bits per heavy atom. The smallest absolute Gasteiger partial charge is 0.323 e. The zero-order valence-corrected chi connectivity index (χ0v) is 11.6. The van der Waals surface area contributed by atoms with Crippen LogP contribution in [0.3, 0.4) is 0 Å². The van der Waals surface area contributed by atoms with Gasteiger partial charge in [-0.1, -0.05) is 12.1 Å². The van der Waals surface area contributed by atoms with Gasteiger partial charge in [0.15, 0.2) is 0 Å². The lowest BCUT2D eigenvalue weighted by molar-refractivity contribution is -0.154. The molecular weight excluding hydrogens is 242 g/mol. The van der Waals surface area contributed by atoms with E-state index in [1.807, 2.05) is 19.1 Å². The molecule has 0 N–H and O–H groups in total. The van der Waals surface area contributed by atoms with E-state index in [-0.39, 0.29) is 12.0 Å². The standard InChI is InChI=1S/C15H21NO3/c1-3-19-15(17)14-9-11-16(14)10-8-12-4-6-13(18-2)7-5-12/h4-7,14H,3,8-11H2,1-2H3. The summed E-state index contributed by atoms with van der Waals surface area (Å²) in [6, 6.07) is 8.04. The minimum atomic E-state index is -0.0801. The minimum Gasteiger partial charge on any atom is -0.497 e. The van der Waals surface area contributed by atoms with Gasteiger partial charge in [-0.3, -0.25) is 9.69 Å². The molecule has 1 atom stereocenters. The molecule has 0 bridgehead atoms. The van der Waals surface area contributed by atoms with Gasteiger partial charge in [0.2, 0.25) is 0 Å². The summed E-state index contributed by atoms with van der Waals surface area (Å²) in [7, 11) is 1.67. The molecule has 1 heterocycles. The van der Waals surface area contributed by atoms with E-state index < -0.39 is 0 Å². The average Bonchev–Trinajstić information content (AvgIpc) is 2.38. The van der Waals surface area contributed by atoms with Crippen LogP contribution >= 0.6 is 0 Å². The quantitative estimate of drug-likeness (QED) is 0.735. The van der Waals surface area contributed by atoms with Gasteiger partial charge in [0, 0.05) is 13.1 Å². The highest BCUT2D eigenvalue weighted by atomic mass is 16.5. The Balaban J connectivity index is 1.80. The Morgan fingerprint density at radius 3 is 2.63 bits per heavy atom. The van der Waals surface area contributed by atoms with Crippen LogP contribution in [0.15, 0.2) is 24.3 Å². The van der Waals surface area contributed by atoms with Gasteiger partial charge >= 0.3 is 5.97 Å². The highest BCUT2D eigenvalue weighted by Crippen LogP contribution is 2.20. The second kappa shape index (κ2) is 6.57. The summed E-state index contributed by atoms with van der Waals surface area (Å²) in [6.45, 7) is 4.19. The second-order valence-corrected chi connectivity index (χ2v) is 4.69. The Bertz CT molecular complexity index is 416. The lowest BCUT2D eigenvalue weighted by Crippen LogP contribution is -2.53. The van der Waals surface area contributed by atoms with Crippen LogP contribution in [0.1, 0.15) is 18.9 Å². The van der Waals surface area contributed by atoms with Crippen molar-refractivity contribution in [1.82, 2.24) is 4.90 Å². The van der Waals surface area contributed by atoms with Crippen LogP contribution in [0, 0.1) is 0 Å². The zero-order chi connectivity index (χ0) is 13.7. The number of carbonyl (C=O) groups is 1. The molecule has 0 radical (unpaired) electrons. The molecule has 0 saturated carbocycles. The van der Waals surface area contributed by atoms with Gasteiger partial charge in [0.25, 0.3) is 0 Å². The summed E-state index contributed by atoms with van der Waals surface area (Å²) < 4.78 is 10.2. The molecule has 0 aromatic heterocycles. The summed E-state index contributed by atoms with van der Waals surface area (Å²) in [5.41, 5.74) is 1.26. The summed E-state index contributed by atoms with van der Waals surface area (Å²) in [6.07, 6.45) is 1.86. The maximum atomic E-state index is 11.7. The lowest BCUT2D eigenvalue weighted by Gasteiger charge is -2.38. The van der Waals surface area contributed by atoms with E-state index in [1.54, 1.807) is 7.11 Å². The first-order chi connectivity index (χ1) is 9.24. The predicted octanol–water partition coefficient (Wildman–Crippen LogP) is 1.88. The first kappa shape index (κ1) is 13.9. The third-order valence-electron chi connectivity index (χ3n) is 3.54. The number of benzene rings is 1. The van der Waals surface area contributed by atoms with Crippen LogP contribution in [0.2, 0.25) is 0 Å². The van der Waals surface area contributed by atoms with Gasteiger partial charge in [0.1, 0.15) is 11.8 Å². The van der Waals surface area contributed by atoms with Gasteiger partial charge in [-0.05, 0) is 37.5 Å². The number of ether oxygens (including phenoxy) is 2. The molecular formula is C15H21NO3. The number of likely N-dealkylation sites (tertiary alicyclic amines) is 1. The monoisotopic (exact) mass is 263 g/mol. The number of nitrogens with zero attached hydrogens (tertiary/aromatic N) is 1. The van der Waals surface area contributed by atoms with Crippen LogP contribution in [0.25, 0.3) is 0 Å². The fourth-order valence-electron chi connectivity index (χ4n) is 2.28. The number of esters is 1. The van der Waals surface area contributed by atoms with Crippen molar-refractivity contribution >= 4 is 5.97 Å². The number of hydrogen-bond acceptors (Lipinski definition) is 4. The van der Waals surface area contributed by atoms with Crippen LogP contribution < -0.4 is 4.74 Å². The van der Waals surface area contributed by atoms with E-state index in [2.05, 4.69) is 17.0 Å². The second-order valence-electron chi connectivity index (χ2n) is 4.69. The highest BCUT2D eigenvalue weighted by molar-refractivity contribution is 5.76. The third-order valence-corrected chi connectivity index (χ3v) is 3.54. The Labute approximate surface area is 114 Å². The van der Waals surface area contributed by atoms with Crippen molar-refractivity contribution in [3.05, 3.63) is 29.8 Å². The van der Waals surface area contributed by atoms with Crippen molar-refractivity contribution in [2.45, 2.75) is 25.8 Å². The molecule has 4 nitrogen and oxygen atoms in total. The number of rotatable bonds is 6. The zero-order valence-electron chi connectivity index (χ0n) is 11.6. The fraction of sp³-hybridized carbons (Fsp3) is 0.533. The molecule has 0 spiro atoms. The summed E-state index contributed by atoms with van der Waals surface area (Å²) in [5, 5.41) is 0. The average molecular weight is 263 g/mol. The SMILES string of the molecule is CCOC(=O)C1CCN1CCc1ccc(OC)cc1. The normalized spacial score (nSPS) is 18.7. The van der Waals surface area contributed by atoms with Gasteiger partial charge in [-0.2, -0.15) is 0 Å². The molecule has 1 aliphatic rings. The maximum absolute atomic E-state index is 11.7. The minimum absolute atomic E-state index is 0.0294. The number of hydrogen-bond donors (Lipinski definition) is 0. The molecule has 1 aliphatic heterocycles. The van der Waals surface area contributed by atoms with Crippen molar-refractivity contribution in [3.63, 3.8) is 0 Å². The van der Waals surface area contributed by atoms with Crippen molar-refractivity contribution in [3.8, 4) is 5.75 Å². The summed E-state index contributed by atoms with van der Waals surface area (Å²) in [4.78, 5) is 13.8. The van der Waals surface area contributed by atoms with E-state index in [0.717, 1.165) is 31.7 Å². The Hall–Kier alpha value is -1.55. The Morgan fingerprint density at radius 2 is 2.11 bits per heavy atom. The van der Waals surface area contributed by atoms with E-state index in [4.69, 9.17) is 9.47 Å². The predicted molar refractivity (Wildman–Crippen MR) is 73.3 cm³/mol. The lowest BCUT2D eigenvalue weighted by atomic mass is 10.0.